The molecule has 0 amide bonds. The SMILES string of the molecule is CCOCOC(CC(=O)O)CC(O)/C=C/c1c(-c2ccc(F)cc2)nc(NS(C)(=O)=O)nc1C(C)C. The van der Waals surface area contributed by atoms with Gasteiger partial charge < -0.3 is 19.7 Å². The van der Waals surface area contributed by atoms with E-state index in [0.717, 1.165) is 6.26 Å². The summed E-state index contributed by atoms with van der Waals surface area (Å²) in [6, 6.07) is 5.52. The molecule has 0 aliphatic heterocycles. The maximum atomic E-state index is 13.6. The van der Waals surface area contributed by atoms with Crippen LogP contribution in [0.5, 0.6) is 0 Å². The molecule has 10 nitrogen and oxygen atoms in total. The van der Waals surface area contributed by atoms with Crippen LogP contribution in [0, 0.1) is 5.82 Å². The fraction of sp³-hybridized carbons (Fsp3) is 0.458. The quantitative estimate of drug-likeness (QED) is 0.249. The van der Waals surface area contributed by atoms with Crippen molar-refractivity contribution in [2.45, 2.75) is 51.7 Å². The van der Waals surface area contributed by atoms with Gasteiger partial charge in [0.2, 0.25) is 16.0 Å². The molecule has 0 bridgehead atoms. The van der Waals surface area contributed by atoms with Gasteiger partial charge in [0.05, 0.1) is 36.3 Å². The van der Waals surface area contributed by atoms with E-state index in [9.17, 15) is 22.7 Å². The lowest BCUT2D eigenvalue weighted by Crippen LogP contribution is -2.24. The van der Waals surface area contributed by atoms with E-state index >= 15 is 0 Å². The molecule has 198 valence electrons. The molecule has 1 aromatic carbocycles. The van der Waals surface area contributed by atoms with Crippen LogP contribution >= 0.6 is 0 Å². The highest BCUT2D eigenvalue weighted by atomic mass is 32.2. The van der Waals surface area contributed by atoms with E-state index < -0.39 is 34.0 Å². The highest BCUT2D eigenvalue weighted by Gasteiger charge is 2.20. The van der Waals surface area contributed by atoms with Crippen LogP contribution in [-0.2, 0) is 24.3 Å². The first-order valence-corrected chi connectivity index (χ1v) is 13.2. The Morgan fingerprint density at radius 3 is 2.44 bits per heavy atom. The molecule has 0 saturated carbocycles. The van der Waals surface area contributed by atoms with Gasteiger partial charge >= 0.3 is 5.97 Å². The van der Waals surface area contributed by atoms with Gasteiger partial charge in [-0.2, -0.15) is 0 Å². The number of hydrogen-bond donors (Lipinski definition) is 3. The zero-order chi connectivity index (χ0) is 26.9. The van der Waals surface area contributed by atoms with Crippen molar-refractivity contribution in [3.63, 3.8) is 0 Å². The number of sulfonamides is 1. The highest BCUT2D eigenvalue weighted by Crippen LogP contribution is 2.31. The second-order valence-electron chi connectivity index (χ2n) is 8.39. The van der Waals surface area contributed by atoms with E-state index in [1.165, 1.54) is 30.3 Å². The maximum Gasteiger partial charge on any atom is 0.305 e. The van der Waals surface area contributed by atoms with Crippen LogP contribution in [0.25, 0.3) is 17.3 Å². The molecular formula is C24H32FN3O7S. The van der Waals surface area contributed by atoms with Crippen molar-refractivity contribution in [2.24, 2.45) is 0 Å². The lowest BCUT2D eigenvalue weighted by atomic mass is 9.97. The van der Waals surface area contributed by atoms with Crippen LogP contribution in [0.15, 0.2) is 30.3 Å². The number of carboxylic acids is 1. The zero-order valence-corrected chi connectivity index (χ0v) is 21.5. The number of aliphatic hydroxyl groups is 1. The summed E-state index contributed by atoms with van der Waals surface area (Å²) in [6.07, 6.45) is 1.84. The molecule has 0 fully saturated rings. The number of anilines is 1. The molecule has 2 aromatic rings. The van der Waals surface area contributed by atoms with Gasteiger partial charge in [-0.15, -0.1) is 0 Å². The number of nitrogens with zero attached hydrogens (tertiary/aromatic N) is 2. The molecule has 0 aliphatic carbocycles. The normalized spacial score (nSPS) is 13.8. The van der Waals surface area contributed by atoms with Crippen LogP contribution in [0.2, 0.25) is 0 Å². The summed E-state index contributed by atoms with van der Waals surface area (Å²) in [5, 5.41) is 19.7. The lowest BCUT2D eigenvalue weighted by molar-refractivity contribution is -0.145. The van der Waals surface area contributed by atoms with Gasteiger partial charge in [-0.1, -0.05) is 26.0 Å². The molecule has 36 heavy (non-hydrogen) atoms. The van der Waals surface area contributed by atoms with Crippen molar-refractivity contribution < 1.29 is 37.3 Å². The fourth-order valence-corrected chi connectivity index (χ4v) is 3.74. The molecule has 1 aromatic heterocycles. The number of benzene rings is 1. The standard InChI is InChI=1S/C24H32FN3O7S/c1-5-34-14-35-19(13-21(30)31)12-18(29)10-11-20-22(15(2)3)26-24(28-36(4,32)33)27-23(20)16-6-8-17(25)9-7-16/h6-11,15,18-19,29H,5,12-14H2,1-4H3,(H,30,31)(H,26,27,28)/b11-10+. The van der Waals surface area contributed by atoms with Crippen molar-refractivity contribution in [3.8, 4) is 11.3 Å². The summed E-state index contributed by atoms with van der Waals surface area (Å²) < 4.78 is 50.0. The highest BCUT2D eigenvalue weighted by molar-refractivity contribution is 7.91. The van der Waals surface area contributed by atoms with Gasteiger partial charge in [-0.25, -0.2) is 22.8 Å². The number of ether oxygens (including phenoxy) is 2. The smallest absolute Gasteiger partial charge is 0.305 e. The second-order valence-corrected chi connectivity index (χ2v) is 10.1. The van der Waals surface area contributed by atoms with Gasteiger partial charge in [0.25, 0.3) is 0 Å². The number of nitrogens with one attached hydrogen (secondary N) is 1. The molecule has 0 spiro atoms. The number of halogens is 1. The van der Waals surface area contributed by atoms with Crippen molar-refractivity contribution in [1.29, 1.82) is 0 Å². The number of rotatable bonds is 14. The Morgan fingerprint density at radius 1 is 1.22 bits per heavy atom. The zero-order valence-electron chi connectivity index (χ0n) is 20.6. The van der Waals surface area contributed by atoms with Crippen LogP contribution in [0.3, 0.4) is 0 Å². The minimum absolute atomic E-state index is 0.00660. The summed E-state index contributed by atoms with van der Waals surface area (Å²) in [4.78, 5) is 19.9. The Bertz CT molecular complexity index is 1160. The van der Waals surface area contributed by atoms with Gasteiger partial charge in [0.1, 0.15) is 12.6 Å². The number of hydrogen-bond acceptors (Lipinski definition) is 8. The summed E-state index contributed by atoms with van der Waals surface area (Å²) in [5.74, 6) is -1.83. The third-order valence-electron chi connectivity index (χ3n) is 4.90. The number of carbonyl (C=O) groups is 1. The van der Waals surface area contributed by atoms with Crippen molar-refractivity contribution in [2.75, 3.05) is 24.4 Å². The van der Waals surface area contributed by atoms with Crippen LogP contribution in [0.4, 0.5) is 10.3 Å². The largest absolute Gasteiger partial charge is 0.481 e. The van der Waals surface area contributed by atoms with E-state index in [1.54, 1.807) is 13.0 Å². The Hall–Kier alpha value is -2.93. The van der Waals surface area contributed by atoms with Gasteiger partial charge in [0, 0.05) is 24.2 Å². The number of aromatic nitrogens is 2. The van der Waals surface area contributed by atoms with Gasteiger partial charge in [0.15, 0.2) is 0 Å². The summed E-state index contributed by atoms with van der Waals surface area (Å²) in [6.45, 7) is 5.80. The Kier molecular flexibility index (Phi) is 10.9. The molecular weight excluding hydrogens is 493 g/mol. The predicted molar refractivity (Wildman–Crippen MR) is 133 cm³/mol. The number of aliphatic hydroxyl groups excluding tert-OH is 1. The molecule has 0 saturated heterocycles. The van der Waals surface area contributed by atoms with Crippen molar-refractivity contribution in [1.82, 2.24) is 9.97 Å². The minimum Gasteiger partial charge on any atom is -0.481 e. The topological polar surface area (TPSA) is 148 Å². The van der Waals surface area contributed by atoms with Crippen molar-refractivity contribution in [3.05, 3.63) is 47.4 Å². The Labute approximate surface area is 210 Å². The Balaban J connectivity index is 2.47. The van der Waals surface area contributed by atoms with Gasteiger partial charge in [-0.3, -0.25) is 9.52 Å². The molecule has 12 heteroatoms. The van der Waals surface area contributed by atoms with E-state index in [-0.39, 0.29) is 31.5 Å². The van der Waals surface area contributed by atoms with Crippen LogP contribution < -0.4 is 4.72 Å². The van der Waals surface area contributed by atoms with E-state index in [4.69, 9.17) is 14.6 Å². The fourth-order valence-electron chi connectivity index (χ4n) is 3.32. The third kappa shape index (κ3) is 9.61. The molecule has 2 atom stereocenters. The first-order chi connectivity index (χ1) is 16.9. The van der Waals surface area contributed by atoms with E-state index in [1.807, 2.05) is 13.8 Å². The molecule has 2 rings (SSSR count). The first-order valence-electron chi connectivity index (χ1n) is 11.3. The van der Waals surface area contributed by atoms with E-state index in [0.29, 0.717) is 29.1 Å². The van der Waals surface area contributed by atoms with Gasteiger partial charge in [-0.05, 0) is 37.1 Å². The predicted octanol–water partition coefficient (Wildman–Crippen LogP) is 3.40. The molecule has 1 heterocycles. The van der Waals surface area contributed by atoms with Crippen LogP contribution in [-0.4, -0.2) is 66.4 Å². The third-order valence-corrected chi connectivity index (χ3v) is 5.45. The van der Waals surface area contributed by atoms with E-state index in [2.05, 4.69) is 14.7 Å². The number of aliphatic carboxylic acids is 1. The Morgan fingerprint density at radius 2 is 1.89 bits per heavy atom. The van der Waals surface area contributed by atoms with Crippen molar-refractivity contribution >= 4 is 28.0 Å². The van der Waals surface area contributed by atoms with Crippen LogP contribution in [0.1, 0.15) is 50.8 Å². The average Bonchev–Trinajstić information content (AvgIpc) is 2.76. The minimum atomic E-state index is -3.66. The summed E-state index contributed by atoms with van der Waals surface area (Å²) in [7, 11) is -3.66. The average molecular weight is 526 g/mol. The molecule has 3 N–H and O–H groups in total. The number of carboxylic acid groups (broad SMARTS) is 1. The first kappa shape index (κ1) is 29.3. The maximum absolute atomic E-state index is 13.6. The summed E-state index contributed by atoms with van der Waals surface area (Å²) >= 11 is 0. The summed E-state index contributed by atoms with van der Waals surface area (Å²) in [5.41, 5.74) is 1.83. The second kappa shape index (κ2) is 13.4. The lowest BCUT2D eigenvalue weighted by Gasteiger charge is -2.19. The molecule has 2 unspecified atom stereocenters. The molecule has 0 radical (unpaired) electrons. The molecule has 0 aliphatic rings. The monoisotopic (exact) mass is 525 g/mol.